The van der Waals surface area contributed by atoms with Gasteiger partial charge in [-0.25, -0.2) is 0 Å². The topological polar surface area (TPSA) is 37.4 Å². The second-order valence-electron chi connectivity index (χ2n) is 7.15. The van der Waals surface area contributed by atoms with Gasteiger partial charge in [0.2, 0.25) is 5.91 Å². The van der Waals surface area contributed by atoms with Crippen LogP contribution < -0.4 is 4.90 Å². The maximum atomic E-state index is 13.1. The summed E-state index contributed by atoms with van der Waals surface area (Å²) in [4.78, 5) is 26.5. The SMILES string of the molecule is CC(=O)c1ccc2c(c1)CCN2C(=O)C(C)(C)Cc1ccccc1. The summed E-state index contributed by atoms with van der Waals surface area (Å²) in [5.41, 5.74) is 3.45. The van der Waals surface area contributed by atoms with Gasteiger partial charge in [-0.3, -0.25) is 9.59 Å². The number of carbonyl (C=O) groups is 2. The zero-order chi connectivity index (χ0) is 17.3. The fourth-order valence-electron chi connectivity index (χ4n) is 3.38. The van der Waals surface area contributed by atoms with Crippen molar-refractivity contribution in [2.45, 2.75) is 33.6 Å². The van der Waals surface area contributed by atoms with E-state index in [1.165, 1.54) is 5.56 Å². The van der Waals surface area contributed by atoms with Crippen molar-refractivity contribution >= 4 is 17.4 Å². The smallest absolute Gasteiger partial charge is 0.232 e. The minimum atomic E-state index is -0.470. The number of benzene rings is 2. The maximum absolute atomic E-state index is 13.1. The molecular formula is C21H23NO2. The number of anilines is 1. The van der Waals surface area contributed by atoms with Crippen LogP contribution in [0.4, 0.5) is 5.69 Å². The van der Waals surface area contributed by atoms with E-state index < -0.39 is 5.41 Å². The molecule has 1 heterocycles. The molecule has 124 valence electrons. The van der Waals surface area contributed by atoms with E-state index in [-0.39, 0.29) is 11.7 Å². The molecule has 3 rings (SSSR count). The van der Waals surface area contributed by atoms with Crippen LogP contribution in [0.25, 0.3) is 0 Å². The lowest BCUT2D eigenvalue weighted by atomic mass is 9.84. The molecule has 3 heteroatoms. The van der Waals surface area contributed by atoms with Crippen molar-refractivity contribution in [2.24, 2.45) is 5.41 Å². The molecule has 0 fully saturated rings. The summed E-state index contributed by atoms with van der Waals surface area (Å²) in [5.74, 6) is 0.202. The summed E-state index contributed by atoms with van der Waals surface area (Å²) < 4.78 is 0. The third-order valence-electron chi connectivity index (χ3n) is 4.69. The van der Waals surface area contributed by atoms with E-state index in [1.807, 2.05) is 55.1 Å². The summed E-state index contributed by atoms with van der Waals surface area (Å²) in [6.07, 6.45) is 1.52. The molecule has 2 aromatic carbocycles. The molecule has 2 aromatic rings. The molecule has 1 aliphatic heterocycles. The molecular weight excluding hydrogens is 298 g/mol. The fourth-order valence-corrected chi connectivity index (χ4v) is 3.38. The van der Waals surface area contributed by atoms with E-state index in [0.29, 0.717) is 18.5 Å². The Morgan fingerprint density at radius 2 is 1.79 bits per heavy atom. The number of fused-ring (bicyclic) bond motifs is 1. The molecule has 1 amide bonds. The number of amides is 1. The summed E-state index contributed by atoms with van der Waals surface area (Å²) >= 11 is 0. The molecule has 0 bridgehead atoms. The monoisotopic (exact) mass is 321 g/mol. The highest BCUT2D eigenvalue weighted by atomic mass is 16.2. The Balaban J connectivity index is 1.83. The van der Waals surface area contributed by atoms with Gasteiger partial charge in [-0.15, -0.1) is 0 Å². The Labute approximate surface area is 143 Å². The van der Waals surface area contributed by atoms with Crippen molar-refractivity contribution in [1.29, 1.82) is 0 Å². The zero-order valence-corrected chi connectivity index (χ0v) is 14.5. The zero-order valence-electron chi connectivity index (χ0n) is 14.5. The number of Topliss-reactive ketones (excluding diaryl/α,β-unsaturated/α-hetero) is 1. The minimum Gasteiger partial charge on any atom is -0.311 e. The first-order valence-corrected chi connectivity index (χ1v) is 8.38. The van der Waals surface area contributed by atoms with Gasteiger partial charge in [-0.1, -0.05) is 44.2 Å². The van der Waals surface area contributed by atoms with Crippen LogP contribution in [-0.2, 0) is 17.6 Å². The van der Waals surface area contributed by atoms with Gasteiger partial charge in [-0.05, 0) is 49.1 Å². The van der Waals surface area contributed by atoms with Crippen LogP contribution in [0.2, 0.25) is 0 Å². The van der Waals surface area contributed by atoms with Crippen molar-refractivity contribution in [3.63, 3.8) is 0 Å². The van der Waals surface area contributed by atoms with Crippen LogP contribution in [0.15, 0.2) is 48.5 Å². The van der Waals surface area contributed by atoms with Gasteiger partial charge in [0.15, 0.2) is 5.78 Å². The first-order chi connectivity index (χ1) is 11.4. The van der Waals surface area contributed by atoms with Crippen molar-refractivity contribution in [1.82, 2.24) is 0 Å². The Morgan fingerprint density at radius 1 is 1.08 bits per heavy atom. The van der Waals surface area contributed by atoms with E-state index >= 15 is 0 Å². The summed E-state index contributed by atoms with van der Waals surface area (Å²) in [7, 11) is 0. The summed E-state index contributed by atoms with van der Waals surface area (Å²) in [5, 5.41) is 0. The summed E-state index contributed by atoms with van der Waals surface area (Å²) in [6, 6.07) is 15.8. The highest BCUT2D eigenvalue weighted by Gasteiger charge is 2.35. The van der Waals surface area contributed by atoms with Crippen LogP contribution in [0.1, 0.15) is 42.3 Å². The predicted molar refractivity (Wildman–Crippen MR) is 96.4 cm³/mol. The Bertz CT molecular complexity index is 778. The lowest BCUT2D eigenvalue weighted by molar-refractivity contribution is -0.126. The van der Waals surface area contributed by atoms with Gasteiger partial charge < -0.3 is 4.90 Å². The van der Waals surface area contributed by atoms with Gasteiger partial charge in [0.05, 0.1) is 0 Å². The van der Waals surface area contributed by atoms with Gasteiger partial charge >= 0.3 is 0 Å². The van der Waals surface area contributed by atoms with E-state index in [1.54, 1.807) is 6.92 Å². The molecule has 1 aliphatic rings. The molecule has 24 heavy (non-hydrogen) atoms. The van der Waals surface area contributed by atoms with Crippen molar-refractivity contribution < 1.29 is 9.59 Å². The van der Waals surface area contributed by atoms with Gasteiger partial charge in [0.1, 0.15) is 0 Å². The average Bonchev–Trinajstić information content (AvgIpc) is 2.97. The lowest BCUT2D eigenvalue weighted by Crippen LogP contribution is -2.41. The molecule has 0 N–H and O–H groups in total. The van der Waals surface area contributed by atoms with E-state index in [4.69, 9.17) is 0 Å². The first kappa shape index (κ1) is 16.4. The first-order valence-electron chi connectivity index (χ1n) is 8.38. The van der Waals surface area contributed by atoms with Crippen LogP contribution in [0.5, 0.6) is 0 Å². The third kappa shape index (κ3) is 3.12. The molecule has 0 saturated carbocycles. The lowest BCUT2D eigenvalue weighted by Gasteiger charge is -2.30. The summed E-state index contributed by atoms with van der Waals surface area (Å²) in [6.45, 7) is 6.27. The van der Waals surface area contributed by atoms with Crippen LogP contribution in [0.3, 0.4) is 0 Å². The second-order valence-corrected chi connectivity index (χ2v) is 7.15. The van der Waals surface area contributed by atoms with Gasteiger partial charge in [0.25, 0.3) is 0 Å². The van der Waals surface area contributed by atoms with Gasteiger partial charge in [0, 0.05) is 23.2 Å². The molecule has 0 radical (unpaired) electrons. The standard InChI is InChI=1S/C21H23NO2/c1-15(23)17-9-10-19-18(13-17)11-12-22(19)20(24)21(2,3)14-16-7-5-4-6-8-16/h4-10,13H,11-12,14H2,1-3H3. The van der Waals surface area contributed by atoms with Gasteiger partial charge in [-0.2, -0.15) is 0 Å². The number of nitrogens with zero attached hydrogens (tertiary/aromatic N) is 1. The number of ketones is 1. The molecule has 0 unspecified atom stereocenters. The van der Waals surface area contributed by atoms with E-state index in [0.717, 1.165) is 17.7 Å². The van der Waals surface area contributed by atoms with Crippen LogP contribution in [-0.4, -0.2) is 18.2 Å². The second kappa shape index (κ2) is 6.23. The quantitative estimate of drug-likeness (QED) is 0.797. The maximum Gasteiger partial charge on any atom is 0.232 e. The largest absolute Gasteiger partial charge is 0.311 e. The van der Waals surface area contributed by atoms with Crippen molar-refractivity contribution in [2.75, 3.05) is 11.4 Å². The molecule has 0 saturated heterocycles. The Kier molecular flexibility index (Phi) is 4.27. The Morgan fingerprint density at radius 3 is 2.46 bits per heavy atom. The molecule has 0 aliphatic carbocycles. The Hall–Kier alpha value is -2.42. The normalized spacial score (nSPS) is 13.7. The van der Waals surface area contributed by atoms with E-state index in [2.05, 4.69) is 12.1 Å². The number of carbonyl (C=O) groups excluding carboxylic acids is 2. The van der Waals surface area contributed by atoms with Crippen LogP contribution in [0, 0.1) is 5.41 Å². The molecule has 0 aromatic heterocycles. The minimum absolute atomic E-state index is 0.0620. The predicted octanol–water partition coefficient (Wildman–Crippen LogP) is 4.05. The molecule has 3 nitrogen and oxygen atoms in total. The third-order valence-corrected chi connectivity index (χ3v) is 4.69. The highest BCUT2D eigenvalue weighted by molar-refractivity contribution is 6.00. The van der Waals surface area contributed by atoms with Crippen molar-refractivity contribution in [3.8, 4) is 0 Å². The molecule has 0 spiro atoms. The highest BCUT2D eigenvalue weighted by Crippen LogP contribution is 2.34. The number of hydrogen-bond donors (Lipinski definition) is 0. The number of rotatable bonds is 4. The van der Waals surface area contributed by atoms with E-state index in [9.17, 15) is 9.59 Å². The average molecular weight is 321 g/mol. The fraction of sp³-hybridized carbons (Fsp3) is 0.333. The van der Waals surface area contributed by atoms with Crippen molar-refractivity contribution in [3.05, 3.63) is 65.2 Å². The molecule has 0 atom stereocenters. The van der Waals surface area contributed by atoms with Crippen LogP contribution >= 0.6 is 0 Å². The number of hydrogen-bond acceptors (Lipinski definition) is 2.